The molecule has 1 atom stereocenters. The smallest absolute Gasteiger partial charge is 0.160 e. The highest BCUT2D eigenvalue weighted by Gasteiger charge is 2.19. The lowest BCUT2D eigenvalue weighted by atomic mass is 9.99. The van der Waals surface area contributed by atoms with Crippen molar-refractivity contribution in [1.82, 2.24) is 0 Å². The molecule has 0 aliphatic carbocycles. The number of halogens is 5. The number of nitrogens with two attached hydrogens (primary N) is 1. The lowest BCUT2D eigenvalue weighted by Gasteiger charge is -2.15. The van der Waals surface area contributed by atoms with Crippen LogP contribution >= 0.6 is 11.6 Å². The Hall–Kier alpha value is -1.59. The molecule has 2 N–H and O–H groups in total. The molecule has 6 heteroatoms. The van der Waals surface area contributed by atoms with Crippen LogP contribution in [0.3, 0.4) is 0 Å². The van der Waals surface area contributed by atoms with Crippen LogP contribution in [-0.2, 0) is 0 Å². The molecule has 0 aliphatic rings. The molecule has 1 unspecified atom stereocenters. The largest absolute Gasteiger partial charge is 0.320 e. The van der Waals surface area contributed by atoms with E-state index in [0.717, 1.165) is 24.3 Å². The van der Waals surface area contributed by atoms with Crippen LogP contribution in [0.1, 0.15) is 17.2 Å². The molecule has 0 aromatic heterocycles. The molecule has 2 aromatic carbocycles. The van der Waals surface area contributed by atoms with Gasteiger partial charge in [-0.2, -0.15) is 0 Å². The summed E-state index contributed by atoms with van der Waals surface area (Å²) in [6.07, 6.45) is 0. The Morgan fingerprint density at radius 1 is 0.842 bits per heavy atom. The zero-order chi connectivity index (χ0) is 14.2. The van der Waals surface area contributed by atoms with Crippen molar-refractivity contribution < 1.29 is 17.6 Å². The van der Waals surface area contributed by atoms with Gasteiger partial charge in [0.2, 0.25) is 0 Å². The molecule has 0 heterocycles. The van der Waals surface area contributed by atoms with Crippen LogP contribution in [0.5, 0.6) is 0 Å². The summed E-state index contributed by atoms with van der Waals surface area (Å²) < 4.78 is 52.5. The molecule has 100 valence electrons. The van der Waals surface area contributed by atoms with Crippen LogP contribution in [-0.4, -0.2) is 0 Å². The molecule has 2 rings (SSSR count). The molecule has 0 bridgehead atoms. The highest BCUT2D eigenvalue weighted by Crippen LogP contribution is 2.30. The fourth-order valence-corrected chi connectivity index (χ4v) is 1.97. The summed E-state index contributed by atoms with van der Waals surface area (Å²) in [5, 5.41) is -0.130. The summed E-state index contributed by atoms with van der Waals surface area (Å²) in [6, 6.07) is 3.24. The second kappa shape index (κ2) is 5.19. The van der Waals surface area contributed by atoms with Crippen molar-refractivity contribution in [3.8, 4) is 0 Å². The molecular weight excluding hydrogens is 282 g/mol. The van der Waals surface area contributed by atoms with Crippen molar-refractivity contribution in [2.45, 2.75) is 6.04 Å². The van der Waals surface area contributed by atoms with Crippen LogP contribution in [0.15, 0.2) is 30.3 Å². The molecule has 19 heavy (non-hydrogen) atoms. The van der Waals surface area contributed by atoms with Crippen molar-refractivity contribution in [2.24, 2.45) is 5.73 Å². The minimum atomic E-state index is -1.14. The molecule has 0 saturated heterocycles. The normalized spacial score (nSPS) is 12.5. The fraction of sp³-hybridized carbons (Fsp3) is 0.0769. The number of hydrogen-bond acceptors (Lipinski definition) is 1. The van der Waals surface area contributed by atoms with Gasteiger partial charge in [0.05, 0.1) is 6.04 Å². The van der Waals surface area contributed by atoms with E-state index in [2.05, 4.69) is 0 Å². The van der Waals surface area contributed by atoms with Gasteiger partial charge in [0, 0.05) is 16.7 Å². The van der Waals surface area contributed by atoms with Crippen LogP contribution in [0, 0.1) is 23.3 Å². The van der Waals surface area contributed by atoms with E-state index in [4.69, 9.17) is 17.3 Å². The first-order chi connectivity index (χ1) is 8.90. The maximum atomic E-state index is 13.6. The summed E-state index contributed by atoms with van der Waals surface area (Å²) >= 11 is 5.75. The zero-order valence-electron chi connectivity index (χ0n) is 9.43. The summed E-state index contributed by atoms with van der Waals surface area (Å²) in [6.45, 7) is 0. The fourth-order valence-electron chi connectivity index (χ4n) is 1.70. The molecule has 0 saturated carbocycles. The number of benzene rings is 2. The van der Waals surface area contributed by atoms with Gasteiger partial charge >= 0.3 is 0 Å². The highest BCUT2D eigenvalue weighted by molar-refractivity contribution is 6.31. The Morgan fingerprint density at radius 3 is 2.11 bits per heavy atom. The van der Waals surface area contributed by atoms with Gasteiger partial charge in [0.1, 0.15) is 11.6 Å². The van der Waals surface area contributed by atoms with Crippen molar-refractivity contribution >= 4 is 11.6 Å². The van der Waals surface area contributed by atoms with E-state index in [1.54, 1.807) is 0 Å². The third-order valence-electron chi connectivity index (χ3n) is 2.67. The maximum Gasteiger partial charge on any atom is 0.160 e. The van der Waals surface area contributed by atoms with Crippen molar-refractivity contribution in [3.63, 3.8) is 0 Å². The van der Waals surface area contributed by atoms with Crippen molar-refractivity contribution in [1.29, 1.82) is 0 Å². The van der Waals surface area contributed by atoms with E-state index in [9.17, 15) is 17.6 Å². The molecule has 0 radical (unpaired) electrons. The SMILES string of the molecule is NC(c1ccc(F)cc1F)c1cc(F)c(F)cc1Cl. The first kappa shape index (κ1) is 13.8. The van der Waals surface area contributed by atoms with Gasteiger partial charge in [-0.1, -0.05) is 17.7 Å². The number of hydrogen-bond donors (Lipinski definition) is 1. The molecule has 0 spiro atoms. The third-order valence-corrected chi connectivity index (χ3v) is 3.00. The van der Waals surface area contributed by atoms with Gasteiger partial charge < -0.3 is 5.73 Å². The van der Waals surface area contributed by atoms with Crippen LogP contribution < -0.4 is 5.73 Å². The third kappa shape index (κ3) is 2.72. The van der Waals surface area contributed by atoms with E-state index in [-0.39, 0.29) is 16.1 Å². The van der Waals surface area contributed by atoms with Crippen LogP contribution in [0.2, 0.25) is 5.02 Å². The van der Waals surface area contributed by atoms with Gasteiger partial charge in [-0.15, -0.1) is 0 Å². The van der Waals surface area contributed by atoms with Gasteiger partial charge in [-0.3, -0.25) is 0 Å². The van der Waals surface area contributed by atoms with Crippen LogP contribution in [0.25, 0.3) is 0 Å². The second-order valence-electron chi connectivity index (χ2n) is 3.93. The minimum Gasteiger partial charge on any atom is -0.320 e. The van der Waals surface area contributed by atoms with Gasteiger partial charge in [0.25, 0.3) is 0 Å². The molecule has 0 fully saturated rings. The topological polar surface area (TPSA) is 26.0 Å². The van der Waals surface area contributed by atoms with E-state index in [1.807, 2.05) is 0 Å². The minimum absolute atomic E-state index is 0.0195. The molecule has 2 aromatic rings. The van der Waals surface area contributed by atoms with E-state index >= 15 is 0 Å². The monoisotopic (exact) mass is 289 g/mol. The first-order valence-electron chi connectivity index (χ1n) is 5.25. The summed E-state index contributed by atoms with van der Waals surface area (Å²) in [5.41, 5.74) is 5.71. The molecular formula is C13H8ClF4N. The predicted octanol–water partition coefficient (Wildman–Crippen LogP) is 3.94. The quantitative estimate of drug-likeness (QED) is 0.657. The molecule has 0 aliphatic heterocycles. The molecule has 1 nitrogen and oxygen atoms in total. The first-order valence-corrected chi connectivity index (χ1v) is 5.63. The predicted molar refractivity (Wildman–Crippen MR) is 63.8 cm³/mol. The summed E-state index contributed by atoms with van der Waals surface area (Å²) in [7, 11) is 0. The summed E-state index contributed by atoms with van der Waals surface area (Å²) in [5.74, 6) is -3.91. The Morgan fingerprint density at radius 2 is 1.47 bits per heavy atom. The number of rotatable bonds is 2. The average molecular weight is 290 g/mol. The zero-order valence-corrected chi connectivity index (χ0v) is 10.2. The van der Waals surface area contributed by atoms with E-state index in [1.165, 1.54) is 0 Å². The average Bonchev–Trinajstić information content (AvgIpc) is 2.33. The van der Waals surface area contributed by atoms with Crippen molar-refractivity contribution in [2.75, 3.05) is 0 Å². The van der Waals surface area contributed by atoms with Crippen LogP contribution in [0.4, 0.5) is 17.6 Å². The van der Waals surface area contributed by atoms with E-state index in [0.29, 0.717) is 6.07 Å². The Balaban J connectivity index is 2.49. The van der Waals surface area contributed by atoms with Gasteiger partial charge in [-0.05, 0) is 23.8 Å². The lowest BCUT2D eigenvalue weighted by Crippen LogP contribution is -2.15. The highest BCUT2D eigenvalue weighted by atomic mass is 35.5. The second-order valence-corrected chi connectivity index (χ2v) is 4.34. The summed E-state index contributed by atoms with van der Waals surface area (Å²) in [4.78, 5) is 0. The van der Waals surface area contributed by atoms with Gasteiger partial charge in [-0.25, -0.2) is 17.6 Å². The van der Waals surface area contributed by atoms with Crippen molar-refractivity contribution in [3.05, 3.63) is 69.8 Å². The molecule has 0 amide bonds. The lowest BCUT2D eigenvalue weighted by molar-refractivity contribution is 0.505. The Kier molecular flexibility index (Phi) is 3.78. The van der Waals surface area contributed by atoms with E-state index < -0.39 is 29.3 Å². The maximum absolute atomic E-state index is 13.6. The Labute approximate surface area is 111 Å². The standard InChI is InChI=1S/C13H8ClF4N/c14-9-5-12(18)11(17)4-8(9)13(19)7-2-1-6(15)3-10(7)16/h1-5,13H,19H2. The Bertz CT molecular complexity index is 630. The van der Waals surface area contributed by atoms with Gasteiger partial charge in [0.15, 0.2) is 11.6 Å².